The fourth-order valence-electron chi connectivity index (χ4n) is 1.77. The first kappa shape index (κ1) is 13.1. The van der Waals surface area contributed by atoms with Gasteiger partial charge in [-0.05, 0) is 12.1 Å². The Morgan fingerprint density at radius 2 is 2.11 bits per heavy atom. The minimum atomic E-state index is -0.268. The molecule has 1 heterocycles. The summed E-state index contributed by atoms with van der Waals surface area (Å²) in [4.78, 5) is 17.6. The van der Waals surface area contributed by atoms with E-state index in [1.54, 1.807) is 43.3 Å². The Hall–Kier alpha value is -2.32. The molecule has 0 bridgehead atoms. The number of nitriles is 1. The highest BCUT2D eigenvalue weighted by atomic mass is 35.5. The Morgan fingerprint density at radius 3 is 2.79 bits per heavy atom. The third-order valence-electron chi connectivity index (χ3n) is 2.78. The smallest absolute Gasteiger partial charge is 0.278 e. The van der Waals surface area contributed by atoms with Gasteiger partial charge < -0.3 is 9.47 Å². The number of hydrogen-bond donors (Lipinski definition) is 0. The second-order valence-corrected chi connectivity index (χ2v) is 4.35. The molecule has 0 spiro atoms. The highest BCUT2D eigenvalue weighted by Gasteiger charge is 2.17. The van der Waals surface area contributed by atoms with Crippen LogP contribution < -0.4 is 10.5 Å². The van der Waals surface area contributed by atoms with E-state index in [-0.39, 0.29) is 16.4 Å². The predicted octanol–water partition coefficient (Wildman–Crippen LogP) is 2.07. The Balaban J connectivity index is 2.64. The van der Waals surface area contributed by atoms with Gasteiger partial charge in [0.25, 0.3) is 5.56 Å². The molecule has 0 radical (unpaired) electrons. The number of para-hydroxylation sites is 1. The van der Waals surface area contributed by atoms with Crippen molar-refractivity contribution < 1.29 is 0 Å². The van der Waals surface area contributed by atoms with Crippen LogP contribution in [0.15, 0.2) is 35.4 Å². The van der Waals surface area contributed by atoms with Crippen molar-refractivity contribution in [1.29, 1.82) is 5.26 Å². The number of anilines is 2. The second-order valence-electron chi connectivity index (χ2n) is 3.99. The van der Waals surface area contributed by atoms with Crippen LogP contribution in [0, 0.1) is 11.3 Å². The number of nitrogens with zero attached hydrogens (tertiary/aromatic N) is 4. The summed E-state index contributed by atoms with van der Waals surface area (Å²) in [6.45, 7) is 0. The first-order valence-electron chi connectivity index (χ1n) is 5.50. The van der Waals surface area contributed by atoms with Crippen molar-refractivity contribution in [3.63, 3.8) is 0 Å². The fourth-order valence-corrected chi connectivity index (χ4v) is 2.02. The Bertz CT molecular complexity index is 717. The zero-order valence-electron chi connectivity index (χ0n) is 10.5. The van der Waals surface area contributed by atoms with E-state index in [2.05, 4.69) is 11.1 Å². The minimum absolute atomic E-state index is 0.110. The van der Waals surface area contributed by atoms with Gasteiger partial charge in [-0.25, -0.2) is 4.98 Å². The van der Waals surface area contributed by atoms with Crippen LogP contribution in [0.1, 0.15) is 5.56 Å². The fraction of sp³-hybridized carbons (Fsp3) is 0.154. The molecular formula is C13H11ClN4O. The zero-order chi connectivity index (χ0) is 14.0. The van der Waals surface area contributed by atoms with Gasteiger partial charge in [0.15, 0.2) is 5.15 Å². The van der Waals surface area contributed by atoms with Crippen molar-refractivity contribution in [2.24, 2.45) is 7.05 Å². The van der Waals surface area contributed by atoms with Crippen LogP contribution >= 0.6 is 11.6 Å². The van der Waals surface area contributed by atoms with E-state index >= 15 is 0 Å². The van der Waals surface area contributed by atoms with Crippen LogP contribution in [0.25, 0.3) is 0 Å². The standard InChI is InChI=1S/C13H11ClN4O/c1-17-8-16-12(14)11(13(17)19)18(2)10-6-4-3-5-9(10)7-15/h3-6,8H,1-2H3. The van der Waals surface area contributed by atoms with Crippen LogP contribution in [0.5, 0.6) is 0 Å². The molecule has 0 aliphatic carbocycles. The average molecular weight is 275 g/mol. The number of halogens is 1. The van der Waals surface area contributed by atoms with Gasteiger partial charge in [-0.1, -0.05) is 23.7 Å². The summed E-state index contributed by atoms with van der Waals surface area (Å²) < 4.78 is 1.34. The van der Waals surface area contributed by atoms with Crippen LogP contribution in [0.3, 0.4) is 0 Å². The lowest BCUT2D eigenvalue weighted by Crippen LogP contribution is -2.26. The summed E-state index contributed by atoms with van der Waals surface area (Å²) in [5, 5.41) is 9.21. The molecule has 1 aromatic heterocycles. The lowest BCUT2D eigenvalue weighted by atomic mass is 10.2. The number of aromatic nitrogens is 2. The van der Waals surface area contributed by atoms with Gasteiger partial charge in [-0.3, -0.25) is 4.79 Å². The van der Waals surface area contributed by atoms with E-state index in [1.807, 2.05) is 0 Å². The molecule has 19 heavy (non-hydrogen) atoms. The third kappa shape index (κ3) is 2.30. The van der Waals surface area contributed by atoms with E-state index in [0.717, 1.165) is 0 Å². The van der Waals surface area contributed by atoms with Crippen molar-refractivity contribution in [2.75, 3.05) is 11.9 Å². The zero-order valence-corrected chi connectivity index (χ0v) is 11.2. The van der Waals surface area contributed by atoms with E-state index in [1.165, 1.54) is 10.9 Å². The first-order valence-corrected chi connectivity index (χ1v) is 5.88. The molecule has 6 heteroatoms. The van der Waals surface area contributed by atoms with Gasteiger partial charge in [-0.15, -0.1) is 0 Å². The van der Waals surface area contributed by atoms with E-state index in [4.69, 9.17) is 16.9 Å². The average Bonchev–Trinajstić information content (AvgIpc) is 2.43. The molecule has 2 rings (SSSR count). The van der Waals surface area contributed by atoms with Gasteiger partial charge >= 0.3 is 0 Å². The predicted molar refractivity (Wildman–Crippen MR) is 73.7 cm³/mol. The van der Waals surface area contributed by atoms with Crippen LogP contribution in [0.2, 0.25) is 5.15 Å². The SMILES string of the molecule is CN(c1ccccc1C#N)c1c(Cl)ncn(C)c1=O. The second kappa shape index (κ2) is 5.12. The normalized spacial score (nSPS) is 10.0. The Kier molecular flexibility index (Phi) is 3.54. The number of rotatable bonds is 2. The number of aryl methyl sites for hydroxylation is 1. The molecule has 0 saturated carbocycles. The maximum absolute atomic E-state index is 12.1. The first-order chi connectivity index (χ1) is 9.06. The highest BCUT2D eigenvalue weighted by Crippen LogP contribution is 2.27. The Labute approximate surface area is 115 Å². The highest BCUT2D eigenvalue weighted by molar-refractivity contribution is 6.32. The van der Waals surface area contributed by atoms with Gasteiger partial charge in [0, 0.05) is 14.1 Å². The lowest BCUT2D eigenvalue weighted by molar-refractivity contribution is 0.820. The molecule has 0 atom stereocenters. The van der Waals surface area contributed by atoms with E-state index < -0.39 is 0 Å². The third-order valence-corrected chi connectivity index (χ3v) is 3.06. The molecule has 0 amide bonds. The molecule has 2 aromatic rings. The minimum Gasteiger partial charge on any atom is -0.336 e. The molecular weight excluding hydrogens is 264 g/mol. The van der Waals surface area contributed by atoms with Crippen molar-refractivity contribution in [3.8, 4) is 6.07 Å². The van der Waals surface area contributed by atoms with Gasteiger partial charge in [0.2, 0.25) is 0 Å². The molecule has 96 valence electrons. The van der Waals surface area contributed by atoms with Crippen molar-refractivity contribution in [1.82, 2.24) is 9.55 Å². The molecule has 1 aromatic carbocycles. The van der Waals surface area contributed by atoms with E-state index in [9.17, 15) is 4.79 Å². The number of benzene rings is 1. The van der Waals surface area contributed by atoms with Crippen LogP contribution in [0.4, 0.5) is 11.4 Å². The van der Waals surface area contributed by atoms with Crippen molar-refractivity contribution in [3.05, 3.63) is 51.7 Å². The van der Waals surface area contributed by atoms with Crippen molar-refractivity contribution in [2.45, 2.75) is 0 Å². The molecule has 0 N–H and O–H groups in total. The molecule has 0 saturated heterocycles. The maximum Gasteiger partial charge on any atom is 0.278 e. The molecule has 0 aliphatic heterocycles. The largest absolute Gasteiger partial charge is 0.336 e. The topological polar surface area (TPSA) is 61.9 Å². The van der Waals surface area contributed by atoms with Gasteiger partial charge in [0.1, 0.15) is 11.8 Å². The molecule has 0 unspecified atom stereocenters. The van der Waals surface area contributed by atoms with Gasteiger partial charge in [0.05, 0.1) is 17.6 Å². The number of hydrogen-bond acceptors (Lipinski definition) is 4. The monoisotopic (exact) mass is 274 g/mol. The van der Waals surface area contributed by atoms with Gasteiger partial charge in [-0.2, -0.15) is 5.26 Å². The summed E-state index contributed by atoms with van der Waals surface area (Å²) in [6.07, 6.45) is 1.36. The quantitative estimate of drug-likeness (QED) is 0.787. The summed E-state index contributed by atoms with van der Waals surface area (Å²) in [5.74, 6) is 0. The van der Waals surface area contributed by atoms with Crippen LogP contribution in [-0.2, 0) is 7.05 Å². The summed E-state index contributed by atoms with van der Waals surface area (Å²) >= 11 is 5.99. The van der Waals surface area contributed by atoms with Crippen LogP contribution in [-0.4, -0.2) is 16.6 Å². The summed E-state index contributed by atoms with van der Waals surface area (Å²) in [5.41, 5.74) is 1.05. The van der Waals surface area contributed by atoms with E-state index in [0.29, 0.717) is 11.3 Å². The molecule has 5 nitrogen and oxygen atoms in total. The maximum atomic E-state index is 12.1. The molecule has 0 aliphatic rings. The Morgan fingerprint density at radius 1 is 1.42 bits per heavy atom. The molecule has 0 fully saturated rings. The lowest BCUT2D eigenvalue weighted by Gasteiger charge is -2.20. The summed E-state index contributed by atoms with van der Waals surface area (Å²) in [7, 11) is 3.28. The summed E-state index contributed by atoms with van der Waals surface area (Å²) in [6, 6.07) is 9.07. The van der Waals surface area contributed by atoms with Crippen molar-refractivity contribution >= 4 is 23.0 Å².